The predicted octanol–water partition coefficient (Wildman–Crippen LogP) is 3.78. The number of hydrogen-bond acceptors (Lipinski definition) is 4. The van der Waals surface area contributed by atoms with Gasteiger partial charge in [0.15, 0.2) is 6.73 Å². The normalized spacial score (nSPS) is 15.8. The Kier molecular flexibility index (Phi) is 3.10. The van der Waals surface area contributed by atoms with Gasteiger partial charge in [0.05, 0.1) is 12.1 Å². The summed E-state index contributed by atoms with van der Waals surface area (Å²) in [6.07, 6.45) is 2.70. The van der Waals surface area contributed by atoms with E-state index in [1.807, 2.05) is 17.0 Å². The molecule has 0 fully saturated rings. The molecule has 2 aliphatic rings. The summed E-state index contributed by atoms with van der Waals surface area (Å²) in [4.78, 5) is 14.3. The first-order valence-corrected chi connectivity index (χ1v) is 8.44. The lowest BCUT2D eigenvalue weighted by Gasteiger charge is -2.31. The molecule has 0 spiro atoms. The summed E-state index contributed by atoms with van der Waals surface area (Å²) in [6, 6.07) is 10.3. The van der Waals surface area contributed by atoms with Crippen LogP contribution in [0.3, 0.4) is 0 Å². The number of fused-ring (bicyclic) bond motifs is 5. The number of aryl methyl sites for hydroxylation is 1. The van der Waals surface area contributed by atoms with Crippen LogP contribution in [0.25, 0.3) is 11.0 Å². The van der Waals surface area contributed by atoms with Gasteiger partial charge >= 0.3 is 5.63 Å². The number of rotatable bonds is 1. The molecular formula is C20H16FNO3. The van der Waals surface area contributed by atoms with Gasteiger partial charge in [-0.1, -0.05) is 0 Å². The van der Waals surface area contributed by atoms with Crippen LogP contribution >= 0.6 is 0 Å². The van der Waals surface area contributed by atoms with Crippen molar-refractivity contribution in [1.82, 2.24) is 0 Å². The first kappa shape index (κ1) is 14.5. The summed E-state index contributed by atoms with van der Waals surface area (Å²) in [5, 5.41) is 1.01. The van der Waals surface area contributed by atoms with Gasteiger partial charge in [0, 0.05) is 16.6 Å². The van der Waals surface area contributed by atoms with E-state index in [0.717, 1.165) is 52.8 Å². The van der Waals surface area contributed by atoms with Crippen molar-refractivity contribution in [3.8, 4) is 5.75 Å². The molecule has 1 aliphatic carbocycles. The molecule has 5 rings (SSSR count). The maximum atomic E-state index is 13.2. The van der Waals surface area contributed by atoms with Gasteiger partial charge in [-0.2, -0.15) is 0 Å². The van der Waals surface area contributed by atoms with E-state index >= 15 is 0 Å². The SMILES string of the molecule is O=c1oc2c3c(ccc2c2c1CCC2)OCN(c1ccc(F)cc1)C3. The quantitative estimate of drug-likeness (QED) is 0.634. The highest BCUT2D eigenvalue weighted by atomic mass is 19.1. The van der Waals surface area contributed by atoms with Crippen molar-refractivity contribution in [3.63, 3.8) is 0 Å². The Morgan fingerprint density at radius 1 is 0.960 bits per heavy atom. The zero-order chi connectivity index (χ0) is 17.0. The average Bonchev–Trinajstić information content (AvgIpc) is 3.13. The van der Waals surface area contributed by atoms with E-state index in [1.54, 1.807) is 12.1 Å². The van der Waals surface area contributed by atoms with Crippen LogP contribution < -0.4 is 15.3 Å². The van der Waals surface area contributed by atoms with Crippen LogP contribution in [0.5, 0.6) is 5.75 Å². The molecule has 5 heteroatoms. The van der Waals surface area contributed by atoms with Gasteiger partial charge in [-0.05, 0) is 61.2 Å². The molecule has 0 saturated heterocycles. The third-order valence-electron chi connectivity index (χ3n) is 5.12. The fourth-order valence-corrected chi connectivity index (χ4v) is 3.87. The minimum atomic E-state index is -0.269. The van der Waals surface area contributed by atoms with E-state index in [4.69, 9.17) is 9.15 Å². The lowest BCUT2D eigenvalue weighted by molar-refractivity contribution is 0.289. The van der Waals surface area contributed by atoms with Crippen molar-refractivity contribution in [1.29, 1.82) is 0 Å². The second kappa shape index (κ2) is 5.34. The van der Waals surface area contributed by atoms with Crippen LogP contribution in [0.4, 0.5) is 10.1 Å². The third kappa shape index (κ3) is 2.22. The lowest BCUT2D eigenvalue weighted by atomic mass is 10.0. The molecule has 0 unspecified atom stereocenters. The molecule has 1 aliphatic heterocycles. The number of ether oxygens (including phenoxy) is 1. The molecule has 2 aromatic carbocycles. The van der Waals surface area contributed by atoms with Crippen LogP contribution in [0.2, 0.25) is 0 Å². The topological polar surface area (TPSA) is 42.7 Å². The van der Waals surface area contributed by atoms with Crippen LogP contribution in [-0.4, -0.2) is 6.73 Å². The molecule has 0 amide bonds. The van der Waals surface area contributed by atoms with Gasteiger partial charge in [0.2, 0.25) is 0 Å². The van der Waals surface area contributed by atoms with Gasteiger partial charge < -0.3 is 14.1 Å². The summed E-state index contributed by atoms with van der Waals surface area (Å²) in [6.45, 7) is 0.930. The van der Waals surface area contributed by atoms with Gasteiger partial charge in [-0.3, -0.25) is 0 Å². The van der Waals surface area contributed by atoms with E-state index in [9.17, 15) is 9.18 Å². The zero-order valence-electron chi connectivity index (χ0n) is 13.5. The van der Waals surface area contributed by atoms with E-state index in [0.29, 0.717) is 18.9 Å². The average molecular weight is 337 g/mol. The van der Waals surface area contributed by atoms with E-state index < -0.39 is 0 Å². The molecule has 0 N–H and O–H groups in total. The number of halogens is 1. The van der Waals surface area contributed by atoms with Crippen molar-refractivity contribution >= 4 is 16.7 Å². The first-order chi connectivity index (χ1) is 12.2. The lowest BCUT2D eigenvalue weighted by Crippen LogP contribution is -2.32. The summed E-state index contributed by atoms with van der Waals surface area (Å²) < 4.78 is 24.7. The Morgan fingerprint density at radius 3 is 2.60 bits per heavy atom. The van der Waals surface area contributed by atoms with Crippen LogP contribution in [0, 0.1) is 5.82 Å². The Morgan fingerprint density at radius 2 is 1.76 bits per heavy atom. The smallest absolute Gasteiger partial charge is 0.339 e. The van der Waals surface area contributed by atoms with Gasteiger partial charge in [-0.25, -0.2) is 9.18 Å². The van der Waals surface area contributed by atoms with Crippen molar-refractivity contribution in [3.05, 3.63) is 69.3 Å². The number of hydrogen-bond donors (Lipinski definition) is 0. The highest BCUT2D eigenvalue weighted by molar-refractivity contribution is 5.87. The number of benzene rings is 2. The molecule has 1 aromatic heterocycles. The van der Waals surface area contributed by atoms with E-state index in [1.165, 1.54) is 12.1 Å². The largest absolute Gasteiger partial charge is 0.473 e. The summed E-state index contributed by atoms with van der Waals surface area (Å²) in [5.74, 6) is 0.473. The third-order valence-corrected chi connectivity index (χ3v) is 5.12. The molecule has 0 atom stereocenters. The fraction of sp³-hybridized carbons (Fsp3) is 0.250. The Hall–Kier alpha value is -2.82. The van der Waals surface area contributed by atoms with Crippen molar-refractivity contribution < 1.29 is 13.5 Å². The molecule has 25 heavy (non-hydrogen) atoms. The van der Waals surface area contributed by atoms with Gasteiger partial charge in [-0.15, -0.1) is 0 Å². The Labute approximate surface area is 143 Å². The molecular weight excluding hydrogens is 321 g/mol. The number of anilines is 1. The second-order valence-corrected chi connectivity index (χ2v) is 6.57. The van der Waals surface area contributed by atoms with Crippen molar-refractivity contribution in [2.45, 2.75) is 25.8 Å². The summed E-state index contributed by atoms with van der Waals surface area (Å²) >= 11 is 0. The molecule has 4 nitrogen and oxygen atoms in total. The van der Waals surface area contributed by atoms with Gasteiger partial charge in [0.1, 0.15) is 17.1 Å². The minimum Gasteiger partial charge on any atom is -0.473 e. The molecule has 0 radical (unpaired) electrons. The first-order valence-electron chi connectivity index (χ1n) is 8.44. The van der Waals surface area contributed by atoms with Crippen molar-refractivity contribution in [2.24, 2.45) is 0 Å². The maximum Gasteiger partial charge on any atom is 0.339 e. The Bertz CT molecular complexity index is 1040. The highest BCUT2D eigenvalue weighted by Gasteiger charge is 2.26. The molecule has 126 valence electrons. The predicted molar refractivity (Wildman–Crippen MR) is 92.6 cm³/mol. The summed E-state index contributed by atoms with van der Waals surface area (Å²) in [7, 11) is 0. The van der Waals surface area contributed by atoms with E-state index in [-0.39, 0.29) is 11.4 Å². The zero-order valence-corrected chi connectivity index (χ0v) is 13.5. The van der Waals surface area contributed by atoms with Crippen LogP contribution in [0.15, 0.2) is 45.6 Å². The molecule has 0 saturated carbocycles. The number of nitrogens with zero attached hydrogens (tertiary/aromatic N) is 1. The fourth-order valence-electron chi connectivity index (χ4n) is 3.87. The van der Waals surface area contributed by atoms with Gasteiger partial charge in [0.25, 0.3) is 0 Å². The molecule has 0 bridgehead atoms. The highest BCUT2D eigenvalue weighted by Crippen LogP contribution is 2.37. The second-order valence-electron chi connectivity index (χ2n) is 6.57. The van der Waals surface area contributed by atoms with Crippen LogP contribution in [-0.2, 0) is 19.4 Å². The Balaban J connectivity index is 1.65. The standard InChI is InChI=1S/C20H16FNO3/c21-12-4-6-13(7-5-12)22-10-17-18(24-11-22)9-8-15-14-2-1-3-16(14)20(23)25-19(15)17/h4-9H,1-3,10-11H2. The molecule has 3 aromatic rings. The minimum absolute atomic E-state index is 0.229. The summed E-state index contributed by atoms with van der Waals surface area (Å²) in [5.41, 5.74) is 4.07. The monoisotopic (exact) mass is 337 g/mol. The van der Waals surface area contributed by atoms with E-state index in [2.05, 4.69) is 0 Å². The molecule has 2 heterocycles. The van der Waals surface area contributed by atoms with Crippen molar-refractivity contribution in [2.75, 3.05) is 11.6 Å². The van der Waals surface area contributed by atoms with Crippen LogP contribution in [0.1, 0.15) is 23.1 Å². The maximum absolute atomic E-state index is 13.2.